The molecule has 0 N–H and O–H groups in total. The van der Waals surface area contributed by atoms with Crippen molar-refractivity contribution in [3.05, 3.63) is 125 Å². The second kappa shape index (κ2) is 13.7. The van der Waals surface area contributed by atoms with E-state index in [2.05, 4.69) is 4.99 Å². The number of nitrogens with zero attached hydrogens (tertiary/aromatic N) is 2. The van der Waals surface area contributed by atoms with Gasteiger partial charge in [0.25, 0.3) is 5.56 Å². The van der Waals surface area contributed by atoms with E-state index in [-0.39, 0.29) is 57.0 Å². The lowest BCUT2D eigenvalue weighted by Gasteiger charge is -2.24. The first-order valence-corrected chi connectivity index (χ1v) is 16.9. The van der Waals surface area contributed by atoms with Crippen LogP contribution in [-0.2, 0) is 14.3 Å². The smallest absolute Gasteiger partial charge is 0.379 e. The van der Waals surface area contributed by atoms with E-state index in [1.165, 1.54) is 28.2 Å². The molecule has 1 aliphatic carbocycles. The Morgan fingerprint density at radius 1 is 1.00 bits per heavy atom. The minimum absolute atomic E-state index is 0.0528. The van der Waals surface area contributed by atoms with Gasteiger partial charge in [0.1, 0.15) is 16.0 Å². The summed E-state index contributed by atoms with van der Waals surface area (Å²) in [5, 5.41) is 0. The summed E-state index contributed by atoms with van der Waals surface area (Å²) >= 11 is 12.8. The molecule has 0 radical (unpaired) electrons. The number of hydrogen-bond acceptors (Lipinski definition) is 10. The van der Waals surface area contributed by atoms with Crippen molar-refractivity contribution in [3.63, 3.8) is 0 Å². The average Bonchev–Trinajstić information content (AvgIpc) is 3.41. The van der Waals surface area contributed by atoms with Crippen LogP contribution in [-0.4, -0.2) is 29.1 Å². The summed E-state index contributed by atoms with van der Waals surface area (Å²) in [6.07, 6.45) is 4.74. The molecule has 2 aromatic heterocycles. The number of benzene rings is 2. The summed E-state index contributed by atoms with van der Waals surface area (Å²) in [5.74, 6) is -1.45. The molecule has 10 nitrogen and oxygen atoms in total. The summed E-state index contributed by atoms with van der Waals surface area (Å²) in [6.45, 7) is 7.43. The molecule has 2 aliphatic rings. The summed E-state index contributed by atoms with van der Waals surface area (Å²) in [4.78, 5) is 57.4. The summed E-state index contributed by atoms with van der Waals surface area (Å²) in [7, 11) is 0. The van der Waals surface area contributed by atoms with Gasteiger partial charge >= 0.3 is 17.9 Å². The molecular formula is C36H30Cl2N2O8S. The van der Waals surface area contributed by atoms with Crippen molar-refractivity contribution in [2.75, 3.05) is 6.61 Å². The maximum atomic E-state index is 14.0. The predicted molar refractivity (Wildman–Crippen MR) is 183 cm³/mol. The van der Waals surface area contributed by atoms with Gasteiger partial charge < -0.3 is 18.6 Å². The Labute approximate surface area is 294 Å². The summed E-state index contributed by atoms with van der Waals surface area (Å²) in [5.41, 5.74) is 1.22. The fraction of sp³-hybridized carbons (Fsp3) is 0.250. The number of rotatable bonds is 9. The zero-order valence-corrected chi connectivity index (χ0v) is 29.1. The van der Waals surface area contributed by atoms with Gasteiger partial charge in [0.15, 0.2) is 4.80 Å². The van der Waals surface area contributed by atoms with E-state index in [0.29, 0.717) is 31.9 Å². The maximum Gasteiger partial charge on any atom is 0.379 e. The highest BCUT2D eigenvalue weighted by Gasteiger charge is 2.61. The first-order valence-electron chi connectivity index (χ1n) is 15.3. The SMILES string of the molecule is CCOC(=O)C1=C(C)N=c2s/c(=C/c3ccc(OC(=O)[C@@H]4[C@@H](C=C(Cl)Cl)C4(C)C)cc3)c(=O)n2[C@@H]1c1ccc(OC(=O)c2ccco2)cc1. The van der Waals surface area contributed by atoms with Gasteiger partial charge in [-0.25, -0.2) is 14.6 Å². The standard InChI is InChI=1S/C36H30Cl2N2O8S/c1-5-45-33(43)28-19(2)39-35-40(30(28)21-10-14-23(15-11-21)47-32(42)25-7-6-16-46-25)31(41)26(49-35)17-20-8-12-22(13-9-20)48-34(44)29-24(18-27(37)38)36(29,3)4/h6-18,24,29-30H,5H2,1-4H3/b26-17+/t24-,29+,30-/m1/s1. The van der Waals surface area contributed by atoms with Crippen molar-refractivity contribution in [1.29, 1.82) is 0 Å². The minimum atomic E-state index is -0.854. The van der Waals surface area contributed by atoms with E-state index in [1.54, 1.807) is 80.6 Å². The van der Waals surface area contributed by atoms with Gasteiger partial charge in [0, 0.05) is 0 Å². The largest absolute Gasteiger partial charge is 0.463 e. The monoisotopic (exact) mass is 720 g/mol. The molecule has 4 aromatic rings. The number of esters is 3. The summed E-state index contributed by atoms with van der Waals surface area (Å²) < 4.78 is 23.5. The van der Waals surface area contributed by atoms with Crippen LogP contribution in [0.4, 0.5) is 0 Å². The number of aromatic nitrogens is 1. The Balaban J connectivity index is 1.29. The fourth-order valence-electron chi connectivity index (χ4n) is 5.91. The topological polar surface area (TPSA) is 126 Å². The molecule has 3 atom stereocenters. The minimum Gasteiger partial charge on any atom is -0.463 e. The molecule has 2 aromatic carbocycles. The molecule has 252 valence electrons. The second-order valence-corrected chi connectivity index (χ2v) is 14.0. The number of carbonyl (C=O) groups excluding carboxylic acids is 3. The quantitative estimate of drug-likeness (QED) is 0.150. The van der Waals surface area contributed by atoms with Gasteiger partial charge in [-0.1, -0.05) is 72.7 Å². The number of thiazole rings is 1. The van der Waals surface area contributed by atoms with Gasteiger partial charge in [0.2, 0.25) is 5.76 Å². The van der Waals surface area contributed by atoms with Crippen LogP contribution >= 0.6 is 34.5 Å². The molecule has 13 heteroatoms. The molecule has 1 saturated carbocycles. The highest BCUT2D eigenvalue weighted by molar-refractivity contribution is 7.07. The van der Waals surface area contributed by atoms with E-state index < -0.39 is 18.0 Å². The Morgan fingerprint density at radius 3 is 2.31 bits per heavy atom. The van der Waals surface area contributed by atoms with Crippen molar-refractivity contribution in [1.82, 2.24) is 4.57 Å². The third kappa shape index (κ3) is 6.92. The number of halogens is 2. The van der Waals surface area contributed by atoms with Crippen molar-refractivity contribution >= 4 is 58.5 Å². The van der Waals surface area contributed by atoms with Gasteiger partial charge in [-0.05, 0) is 84.9 Å². The van der Waals surface area contributed by atoms with Crippen molar-refractivity contribution in [2.24, 2.45) is 22.2 Å². The third-order valence-electron chi connectivity index (χ3n) is 8.51. The fourth-order valence-corrected chi connectivity index (χ4v) is 7.23. The zero-order chi connectivity index (χ0) is 35.0. The number of fused-ring (bicyclic) bond motifs is 1. The lowest BCUT2D eigenvalue weighted by Crippen LogP contribution is -2.39. The Morgan fingerprint density at radius 2 is 1.67 bits per heavy atom. The molecule has 3 heterocycles. The van der Waals surface area contributed by atoms with Crippen molar-refractivity contribution < 1.29 is 33.0 Å². The first kappa shape index (κ1) is 34.2. The van der Waals surface area contributed by atoms with Crippen LogP contribution in [0.1, 0.15) is 55.4 Å². The van der Waals surface area contributed by atoms with Crippen LogP contribution in [0.25, 0.3) is 6.08 Å². The van der Waals surface area contributed by atoms with Crippen LogP contribution in [0, 0.1) is 17.3 Å². The number of ether oxygens (including phenoxy) is 3. The first-order chi connectivity index (χ1) is 23.4. The van der Waals surface area contributed by atoms with Crippen LogP contribution in [0.3, 0.4) is 0 Å². The molecule has 1 aliphatic heterocycles. The van der Waals surface area contributed by atoms with E-state index in [1.807, 2.05) is 13.8 Å². The normalized spacial score (nSPS) is 19.4. The molecule has 0 spiro atoms. The average molecular weight is 722 g/mol. The number of allylic oxidation sites excluding steroid dienone is 2. The van der Waals surface area contributed by atoms with E-state index >= 15 is 0 Å². The van der Waals surface area contributed by atoms with Crippen molar-refractivity contribution in [2.45, 2.75) is 33.7 Å². The number of furan rings is 1. The third-order valence-corrected chi connectivity index (χ3v) is 9.75. The lowest BCUT2D eigenvalue weighted by atomic mass is 9.96. The molecule has 0 amide bonds. The summed E-state index contributed by atoms with van der Waals surface area (Å²) in [6, 6.07) is 15.5. The Kier molecular flexibility index (Phi) is 9.52. The molecule has 0 saturated heterocycles. The van der Waals surface area contributed by atoms with Gasteiger partial charge in [-0.2, -0.15) is 0 Å². The molecular weight excluding hydrogens is 691 g/mol. The van der Waals surface area contributed by atoms with Crippen LogP contribution in [0.5, 0.6) is 11.5 Å². The zero-order valence-electron chi connectivity index (χ0n) is 26.8. The maximum absolute atomic E-state index is 14.0. The van der Waals surface area contributed by atoms with E-state index in [4.69, 9.17) is 41.8 Å². The molecule has 1 fully saturated rings. The van der Waals surface area contributed by atoms with Crippen LogP contribution < -0.4 is 24.4 Å². The number of carbonyl (C=O) groups is 3. The van der Waals surface area contributed by atoms with Gasteiger partial charge in [-0.15, -0.1) is 0 Å². The molecule has 0 unspecified atom stereocenters. The molecule has 6 rings (SSSR count). The molecule has 49 heavy (non-hydrogen) atoms. The Hall–Kier alpha value is -4.71. The lowest BCUT2D eigenvalue weighted by molar-refractivity contribution is -0.139. The predicted octanol–water partition coefficient (Wildman–Crippen LogP) is 6.11. The Bertz CT molecular complexity index is 2180. The number of hydrogen-bond donors (Lipinski definition) is 0. The van der Waals surface area contributed by atoms with E-state index in [9.17, 15) is 19.2 Å². The highest BCUT2D eigenvalue weighted by Crippen LogP contribution is 2.60. The van der Waals surface area contributed by atoms with Crippen LogP contribution in [0.2, 0.25) is 0 Å². The van der Waals surface area contributed by atoms with Gasteiger partial charge in [-0.3, -0.25) is 14.2 Å². The van der Waals surface area contributed by atoms with E-state index in [0.717, 1.165) is 0 Å². The highest BCUT2D eigenvalue weighted by atomic mass is 35.5. The second-order valence-electron chi connectivity index (χ2n) is 12.0. The van der Waals surface area contributed by atoms with Crippen molar-refractivity contribution in [3.8, 4) is 11.5 Å². The van der Waals surface area contributed by atoms with Crippen LogP contribution in [0.15, 0.2) is 103 Å². The van der Waals surface area contributed by atoms with Gasteiger partial charge in [0.05, 0.1) is 40.6 Å². The molecule has 0 bridgehead atoms.